The Kier molecular flexibility index (Phi) is 5.03. The highest BCUT2D eigenvalue weighted by molar-refractivity contribution is 7.99. The van der Waals surface area contributed by atoms with Crippen LogP contribution in [-0.4, -0.2) is 39.7 Å². The van der Waals surface area contributed by atoms with Crippen LogP contribution in [0.15, 0.2) is 57.0 Å². The highest BCUT2D eigenvalue weighted by atomic mass is 32.2. The molecule has 3 aromatic rings. The zero-order chi connectivity index (χ0) is 18.8. The van der Waals surface area contributed by atoms with Crippen molar-refractivity contribution in [2.75, 3.05) is 19.3 Å². The van der Waals surface area contributed by atoms with Crippen molar-refractivity contribution < 1.29 is 9.21 Å². The van der Waals surface area contributed by atoms with Crippen LogP contribution >= 0.6 is 11.8 Å². The molecule has 0 bridgehead atoms. The van der Waals surface area contributed by atoms with Gasteiger partial charge in [-0.25, -0.2) is 4.98 Å². The molecule has 1 aliphatic carbocycles. The quantitative estimate of drug-likeness (QED) is 0.463. The number of aromatic nitrogens is 2. The molecule has 0 radical (unpaired) electrons. The first-order valence-electron chi connectivity index (χ1n) is 9.00. The lowest BCUT2D eigenvalue weighted by Crippen LogP contribution is -2.31. The summed E-state index contributed by atoms with van der Waals surface area (Å²) in [5, 5.41) is 1.09. The van der Waals surface area contributed by atoms with Crippen molar-refractivity contribution in [2.45, 2.75) is 24.5 Å². The molecule has 6 nitrogen and oxygen atoms in total. The Labute approximate surface area is 161 Å². The maximum Gasteiger partial charge on any atom is 0.262 e. The Morgan fingerprint density at radius 2 is 2.11 bits per heavy atom. The molecule has 140 valence electrons. The first kappa shape index (κ1) is 17.9. The lowest BCUT2D eigenvalue weighted by atomic mass is 10.2. The second kappa shape index (κ2) is 7.60. The van der Waals surface area contributed by atoms with Crippen molar-refractivity contribution in [2.24, 2.45) is 5.92 Å². The van der Waals surface area contributed by atoms with E-state index in [4.69, 9.17) is 4.42 Å². The van der Waals surface area contributed by atoms with Gasteiger partial charge in [0.25, 0.3) is 5.56 Å². The summed E-state index contributed by atoms with van der Waals surface area (Å²) in [5.41, 5.74) is 0.512. The largest absolute Gasteiger partial charge is 0.467 e. The summed E-state index contributed by atoms with van der Waals surface area (Å²) in [4.78, 5) is 31.8. The molecule has 1 saturated carbocycles. The lowest BCUT2D eigenvalue weighted by molar-refractivity contribution is -0.127. The summed E-state index contributed by atoms with van der Waals surface area (Å²) in [6.45, 7) is 1.10. The minimum atomic E-state index is -0.127. The van der Waals surface area contributed by atoms with E-state index in [0.717, 1.165) is 6.54 Å². The summed E-state index contributed by atoms with van der Waals surface area (Å²) in [6, 6.07) is 10.9. The van der Waals surface area contributed by atoms with Crippen LogP contribution in [0.3, 0.4) is 0 Å². The van der Waals surface area contributed by atoms with Crippen LogP contribution in [-0.2, 0) is 11.3 Å². The molecule has 0 aliphatic heterocycles. The molecule has 0 N–H and O–H groups in total. The average Bonchev–Trinajstić information content (AvgIpc) is 3.34. The molecule has 0 spiro atoms. The summed E-state index contributed by atoms with van der Waals surface area (Å²) >= 11 is 1.30. The Morgan fingerprint density at radius 1 is 1.30 bits per heavy atom. The number of carbonyl (C=O) groups is 1. The molecular weight excluding hydrogens is 362 g/mol. The van der Waals surface area contributed by atoms with Gasteiger partial charge < -0.3 is 9.32 Å². The number of thioether (sulfide) groups is 1. The summed E-state index contributed by atoms with van der Waals surface area (Å²) in [5.74, 6) is 1.64. The van der Waals surface area contributed by atoms with Crippen molar-refractivity contribution >= 4 is 28.6 Å². The molecule has 2 aromatic heterocycles. The number of carbonyl (C=O) groups excluding carboxylic acids is 1. The van der Waals surface area contributed by atoms with Gasteiger partial charge in [0.2, 0.25) is 5.91 Å². The molecule has 1 aliphatic rings. The number of benzene rings is 1. The Balaban J connectivity index is 1.61. The zero-order valence-electron chi connectivity index (χ0n) is 15.1. The molecule has 7 heteroatoms. The monoisotopic (exact) mass is 383 g/mol. The molecule has 0 atom stereocenters. The van der Waals surface area contributed by atoms with E-state index in [2.05, 4.69) is 4.98 Å². The van der Waals surface area contributed by atoms with Gasteiger partial charge in [-0.3, -0.25) is 14.2 Å². The van der Waals surface area contributed by atoms with E-state index in [1.807, 2.05) is 31.3 Å². The minimum Gasteiger partial charge on any atom is -0.467 e. The van der Waals surface area contributed by atoms with Crippen LogP contribution in [0.1, 0.15) is 18.6 Å². The fourth-order valence-electron chi connectivity index (χ4n) is 2.98. The maximum atomic E-state index is 13.0. The normalized spacial score (nSPS) is 13.8. The lowest BCUT2D eigenvalue weighted by Gasteiger charge is -2.17. The number of fused-ring (bicyclic) bond motifs is 1. The van der Waals surface area contributed by atoms with E-state index in [1.165, 1.54) is 24.6 Å². The average molecular weight is 383 g/mol. The van der Waals surface area contributed by atoms with Crippen LogP contribution in [0.4, 0.5) is 0 Å². The number of hydrogen-bond acceptors (Lipinski definition) is 5. The molecule has 2 heterocycles. The maximum absolute atomic E-state index is 13.0. The topological polar surface area (TPSA) is 68.3 Å². The fourth-order valence-corrected chi connectivity index (χ4v) is 3.92. The second-order valence-electron chi connectivity index (χ2n) is 6.89. The van der Waals surface area contributed by atoms with Crippen LogP contribution in [0.5, 0.6) is 0 Å². The standard InChI is InChI=1S/C20H21N3O3S/c1-22(11-14-8-9-14)18(24)13-27-20-21-17-7-3-2-6-16(17)19(25)23(20)12-15-5-4-10-26-15/h2-7,10,14H,8-9,11-13H2,1H3. The van der Waals surface area contributed by atoms with Gasteiger partial charge in [-0.05, 0) is 43.0 Å². The molecule has 0 saturated heterocycles. The Hall–Kier alpha value is -2.54. The van der Waals surface area contributed by atoms with E-state index in [0.29, 0.717) is 27.7 Å². The molecule has 4 rings (SSSR count). The Morgan fingerprint density at radius 3 is 2.85 bits per heavy atom. The third-order valence-electron chi connectivity index (χ3n) is 4.70. The first-order valence-corrected chi connectivity index (χ1v) is 9.99. The predicted molar refractivity (Wildman–Crippen MR) is 105 cm³/mol. The van der Waals surface area contributed by atoms with Gasteiger partial charge in [0.1, 0.15) is 5.76 Å². The Bertz CT molecular complexity index is 1010. The molecule has 27 heavy (non-hydrogen) atoms. The van der Waals surface area contributed by atoms with Crippen LogP contribution in [0.2, 0.25) is 0 Å². The SMILES string of the molecule is CN(CC1CC1)C(=O)CSc1nc2ccccc2c(=O)n1Cc1ccco1. The second-order valence-corrected chi connectivity index (χ2v) is 7.83. The van der Waals surface area contributed by atoms with Crippen molar-refractivity contribution in [3.05, 3.63) is 58.8 Å². The van der Waals surface area contributed by atoms with Crippen molar-refractivity contribution in [3.63, 3.8) is 0 Å². The van der Waals surface area contributed by atoms with Crippen LogP contribution in [0, 0.1) is 5.92 Å². The predicted octanol–water partition coefficient (Wildman–Crippen LogP) is 3.00. The van der Waals surface area contributed by atoms with E-state index in [9.17, 15) is 9.59 Å². The fraction of sp³-hybridized carbons (Fsp3) is 0.350. The molecule has 0 unspecified atom stereocenters. The van der Waals surface area contributed by atoms with E-state index in [1.54, 1.807) is 27.9 Å². The third kappa shape index (κ3) is 4.08. The number of para-hydroxylation sites is 1. The molecule has 1 amide bonds. The number of rotatable bonds is 7. The molecule has 1 aromatic carbocycles. The van der Waals surface area contributed by atoms with Gasteiger partial charge in [-0.2, -0.15) is 0 Å². The number of amides is 1. The van der Waals surface area contributed by atoms with Crippen molar-refractivity contribution in [1.29, 1.82) is 0 Å². The smallest absolute Gasteiger partial charge is 0.262 e. The van der Waals surface area contributed by atoms with Crippen molar-refractivity contribution in [3.8, 4) is 0 Å². The van der Waals surface area contributed by atoms with Gasteiger partial charge in [0.05, 0.1) is 29.5 Å². The van der Waals surface area contributed by atoms with Gasteiger partial charge in [0, 0.05) is 13.6 Å². The highest BCUT2D eigenvalue weighted by Crippen LogP contribution is 2.29. The van der Waals surface area contributed by atoms with E-state index in [-0.39, 0.29) is 23.8 Å². The number of hydrogen-bond donors (Lipinski definition) is 0. The zero-order valence-corrected chi connectivity index (χ0v) is 15.9. The third-order valence-corrected chi connectivity index (χ3v) is 5.66. The van der Waals surface area contributed by atoms with Gasteiger partial charge >= 0.3 is 0 Å². The van der Waals surface area contributed by atoms with Crippen molar-refractivity contribution in [1.82, 2.24) is 14.5 Å². The highest BCUT2D eigenvalue weighted by Gasteiger charge is 2.25. The van der Waals surface area contributed by atoms with Gasteiger partial charge in [-0.15, -0.1) is 0 Å². The van der Waals surface area contributed by atoms with Gasteiger partial charge in [-0.1, -0.05) is 23.9 Å². The van der Waals surface area contributed by atoms with E-state index < -0.39 is 0 Å². The number of nitrogens with zero attached hydrogens (tertiary/aromatic N) is 3. The van der Waals surface area contributed by atoms with E-state index >= 15 is 0 Å². The van der Waals surface area contributed by atoms with Crippen LogP contribution < -0.4 is 5.56 Å². The van der Waals surface area contributed by atoms with Crippen LogP contribution in [0.25, 0.3) is 10.9 Å². The van der Waals surface area contributed by atoms with Gasteiger partial charge in [0.15, 0.2) is 5.16 Å². The minimum absolute atomic E-state index is 0.0545. The summed E-state index contributed by atoms with van der Waals surface area (Å²) < 4.78 is 6.99. The molecular formula is C20H21N3O3S. The molecule has 1 fully saturated rings. The first-order chi connectivity index (χ1) is 13.1. The summed E-state index contributed by atoms with van der Waals surface area (Å²) in [6.07, 6.45) is 4.00. The summed E-state index contributed by atoms with van der Waals surface area (Å²) in [7, 11) is 1.84. The number of furan rings is 1.